The smallest absolute Gasteiger partial charge is 0.319 e. The number of fused-ring (bicyclic) bond motifs is 1. The van der Waals surface area contributed by atoms with Crippen LogP contribution in [0.4, 0.5) is 10.5 Å². The van der Waals surface area contributed by atoms with E-state index in [4.69, 9.17) is 4.42 Å². The van der Waals surface area contributed by atoms with Gasteiger partial charge >= 0.3 is 6.03 Å². The number of carbonyl (C=O) groups excluding carboxylic acids is 2. The minimum Gasteiger partial charge on any atom is -0.467 e. The third kappa shape index (κ3) is 4.35. The molecule has 0 radical (unpaired) electrons. The molecule has 1 aromatic carbocycles. The second-order valence-electron chi connectivity index (χ2n) is 5.49. The number of pyridine rings is 1. The third-order valence-electron chi connectivity index (χ3n) is 3.56. The fourth-order valence-electron chi connectivity index (χ4n) is 2.33. The number of anilines is 1. The van der Waals surface area contributed by atoms with E-state index in [2.05, 4.69) is 20.9 Å². The number of aromatic nitrogens is 1. The van der Waals surface area contributed by atoms with Crippen molar-refractivity contribution < 1.29 is 14.0 Å². The first-order chi connectivity index (χ1) is 12.1. The maximum atomic E-state index is 12.0. The zero-order valence-corrected chi connectivity index (χ0v) is 13.7. The van der Waals surface area contributed by atoms with Gasteiger partial charge in [-0.2, -0.15) is 0 Å². The molecule has 0 fully saturated rings. The number of hydrogen-bond acceptors (Lipinski definition) is 4. The Morgan fingerprint density at radius 1 is 1.08 bits per heavy atom. The molecule has 0 aliphatic rings. The minimum atomic E-state index is -0.469. The Labute approximate surface area is 144 Å². The number of urea groups is 1. The number of furan rings is 1. The summed E-state index contributed by atoms with van der Waals surface area (Å²) in [7, 11) is 0. The van der Waals surface area contributed by atoms with Gasteiger partial charge in [0, 0.05) is 11.1 Å². The summed E-state index contributed by atoms with van der Waals surface area (Å²) in [4.78, 5) is 28.2. The molecule has 3 N–H and O–H groups in total. The fraction of sp³-hybridized carbons (Fsp3) is 0.167. The van der Waals surface area contributed by atoms with Gasteiger partial charge in [-0.15, -0.1) is 0 Å². The van der Waals surface area contributed by atoms with Gasteiger partial charge in [-0.1, -0.05) is 18.2 Å². The Morgan fingerprint density at radius 3 is 2.76 bits per heavy atom. The van der Waals surface area contributed by atoms with Crippen LogP contribution < -0.4 is 16.0 Å². The predicted molar refractivity (Wildman–Crippen MR) is 94.1 cm³/mol. The fourth-order valence-corrected chi connectivity index (χ4v) is 2.33. The van der Waals surface area contributed by atoms with E-state index >= 15 is 0 Å². The maximum Gasteiger partial charge on any atom is 0.319 e. The first kappa shape index (κ1) is 16.5. The molecule has 25 heavy (non-hydrogen) atoms. The summed E-state index contributed by atoms with van der Waals surface area (Å²) in [6, 6.07) is 12.4. The van der Waals surface area contributed by atoms with E-state index in [0.717, 1.165) is 11.1 Å². The number of para-hydroxylation sites is 1. The van der Waals surface area contributed by atoms with E-state index in [-0.39, 0.29) is 19.0 Å². The number of carbonyl (C=O) groups is 2. The van der Waals surface area contributed by atoms with E-state index in [1.807, 2.05) is 31.2 Å². The lowest BCUT2D eigenvalue weighted by molar-refractivity contribution is -0.120. The Kier molecular flexibility index (Phi) is 4.94. The molecule has 0 spiro atoms. The number of hydrogen-bond donors (Lipinski definition) is 3. The lowest BCUT2D eigenvalue weighted by atomic mass is 10.2. The Bertz CT molecular complexity index is 890. The van der Waals surface area contributed by atoms with Crippen molar-refractivity contribution in [2.24, 2.45) is 0 Å². The molecule has 2 heterocycles. The number of amides is 3. The van der Waals surface area contributed by atoms with Crippen LogP contribution in [0.2, 0.25) is 0 Å². The van der Waals surface area contributed by atoms with Crippen LogP contribution in [-0.4, -0.2) is 23.5 Å². The molecule has 0 aliphatic heterocycles. The molecule has 0 aliphatic carbocycles. The van der Waals surface area contributed by atoms with Crippen LogP contribution in [0.1, 0.15) is 11.5 Å². The summed E-state index contributed by atoms with van der Waals surface area (Å²) < 4.78 is 5.12. The highest BCUT2D eigenvalue weighted by Gasteiger charge is 2.09. The van der Waals surface area contributed by atoms with Crippen molar-refractivity contribution in [2.75, 3.05) is 11.9 Å². The van der Waals surface area contributed by atoms with Gasteiger partial charge in [0.1, 0.15) is 5.76 Å². The molecule has 3 aromatic rings. The second-order valence-corrected chi connectivity index (χ2v) is 5.49. The summed E-state index contributed by atoms with van der Waals surface area (Å²) in [6.07, 6.45) is 1.53. The van der Waals surface area contributed by atoms with Gasteiger partial charge in [-0.3, -0.25) is 9.78 Å². The van der Waals surface area contributed by atoms with Crippen molar-refractivity contribution in [1.29, 1.82) is 0 Å². The Morgan fingerprint density at radius 2 is 1.96 bits per heavy atom. The highest BCUT2D eigenvalue weighted by molar-refractivity contribution is 6.00. The molecule has 3 rings (SSSR count). The average molecular weight is 338 g/mol. The van der Waals surface area contributed by atoms with Crippen LogP contribution in [-0.2, 0) is 11.3 Å². The van der Waals surface area contributed by atoms with Crippen LogP contribution in [0.5, 0.6) is 0 Å². The van der Waals surface area contributed by atoms with E-state index in [0.29, 0.717) is 17.0 Å². The minimum absolute atomic E-state index is 0.135. The number of rotatable bonds is 5. The lowest BCUT2D eigenvalue weighted by Crippen LogP contribution is -2.38. The zero-order valence-electron chi connectivity index (χ0n) is 13.7. The number of nitrogens with zero attached hydrogens (tertiary/aromatic N) is 1. The predicted octanol–water partition coefficient (Wildman–Crippen LogP) is 2.57. The Balaban J connectivity index is 1.54. The van der Waals surface area contributed by atoms with Crippen molar-refractivity contribution in [1.82, 2.24) is 15.6 Å². The normalized spacial score (nSPS) is 10.4. The van der Waals surface area contributed by atoms with Gasteiger partial charge in [0.2, 0.25) is 5.91 Å². The molecule has 7 nitrogen and oxygen atoms in total. The van der Waals surface area contributed by atoms with E-state index in [9.17, 15) is 9.59 Å². The quantitative estimate of drug-likeness (QED) is 0.666. The maximum absolute atomic E-state index is 12.0. The van der Waals surface area contributed by atoms with Gasteiger partial charge in [-0.25, -0.2) is 4.79 Å². The van der Waals surface area contributed by atoms with Crippen LogP contribution in [0, 0.1) is 6.92 Å². The van der Waals surface area contributed by atoms with Gasteiger partial charge < -0.3 is 20.4 Å². The molecule has 3 amide bonds. The molecule has 128 valence electrons. The highest BCUT2D eigenvalue weighted by atomic mass is 16.3. The second kappa shape index (κ2) is 7.48. The summed E-state index contributed by atoms with van der Waals surface area (Å²) in [5, 5.41) is 8.83. The molecule has 2 aromatic heterocycles. The first-order valence-electron chi connectivity index (χ1n) is 7.82. The van der Waals surface area contributed by atoms with Crippen LogP contribution in [0.25, 0.3) is 10.9 Å². The number of nitrogens with one attached hydrogen (secondary N) is 3. The average Bonchev–Trinajstić information content (AvgIpc) is 3.12. The lowest BCUT2D eigenvalue weighted by Gasteiger charge is -2.10. The van der Waals surface area contributed by atoms with E-state index in [1.165, 1.54) is 6.26 Å². The van der Waals surface area contributed by atoms with Crippen LogP contribution in [0.15, 0.2) is 53.1 Å². The molecule has 0 unspecified atom stereocenters. The highest BCUT2D eigenvalue weighted by Crippen LogP contribution is 2.21. The van der Waals surface area contributed by atoms with Crippen molar-refractivity contribution in [3.05, 3.63) is 60.2 Å². The molecule has 0 bridgehead atoms. The Hall–Kier alpha value is -3.35. The zero-order chi connectivity index (χ0) is 17.6. The summed E-state index contributed by atoms with van der Waals surface area (Å²) in [5.74, 6) is 0.341. The number of benzene rings is 1. The van der Waals surface area contributed by atoms with Crippen molar-refractivity contribution in [3.63, 3.8) is 0 Å². The largest absolute Gasteiger partial charge is 0.467 e. The molecule has 0 saturated heterocycles. The molecular formula is C18H18N4O3. The van der Waals surface area contributed by atoms with Crippen molar-refractivity contribution in [3.8, 4) is 0 Å². The number of aryl methyl sites for hydroxylation is 1. The third-order valence-corrected chi connectivity index (χ3v) is 3.56. The van der Waals surface area contributed by atoms with Crippen molar-refractivity contribution in [2.45, 2.75) is 13.5 Å². The van der Waals surface area contributed by atoms with Crippen LogP contribution >= 0.6 is 0 Å². The van der Waals surface area contributed by atoms with Crippen molar-refractivity contribution >= 4 is 28.5 Å². The summed E-state index contributed by atoms with van der Waals surface area (Å²) >= 11 is 0. The first-order valence-corrected chi connectivity index (χ1v) is 7.82. The van der Waals surface area contributed by atoms with Gasteiger partial charge in [0.05, 0.1) is 30.6 Å². The molecule has 0 atom stereocenters. The van der Waals surface area contributed by atoms with Gasteiger partial charge in [0.15, 0.2) is 0 Å². The van der Waals surface area contributed by atoms with E-state index < -0.39 is 6.03 Å². The van der Waals surface area contributed by atoms with Gasteiger partial charge in [0.25, 0.3) is 0 Å². The van der Waals surface area contributed by atoms with Crippen LogP contribution in [0.3, 0.4) is 0 Å². The SMILES string of the molecule is Cc1ccc2cccc(NC(=O)NCC(=O)NCc3ccco3)c2n1. The topological polar surface area (TPSA) is 96.3 Å². The standard InChI is InChI=1S/C18H18N4O3/c1-12-7-8-13-4-2-6-15(17(13)21-12)22-18(24)20-11-16(23)19-10-14-5-3-9-25-14/h2-9H,10-11H2,1H3,(H,19,23)(H2,20,22,24). The van der Waals surface area contributed by atoms with E-state index in [1.54, 1.807) is 18.2 Å². The monoisotopic (exact) mass is 338 g/mol. The summed E-state index contributed by atoms with van der Waals surface area (Å²) in [6.45, 7) is 2.03. The molecule has 0 saturated carbocycles. The molecular weight excluding hydrogens is 320 g/mol. The summed E-state index contributed by atoms with van der Waals surface area (Å²) in [5.41, 5.74) is 2.16. The molecule has 7 heteroatoms. The van der Waals surface area contributed by atoms with Gasteiger partial charge in [-0.05, 0) is 31.2 Å².